The van der Waals surface area contributed by atoms with Crippen LogP contribution in [0.3, 0.4) is 0 Å². The summed E-state index contributed by atoms with van der Waals surface area (Å²) < 4.78 is 4.01. The standard InChI is InChI=1S/C4H10NS/c1-3-5-6-4-2/h3-4H2,1-2H3. The second-order valence-corrected chi connectivity index (χ2v) is 1.96. The molecule has 0 saturated heterocycles. The topological polar surface area (TPSA) is 14.1 Å². The third-order valence-corrected chi connectivity index (χ3v) is 1.05. The zero-order valence-corrected chi connectivity index (χ0v) is 5.09. The maximum Gasteiger partial charge on any atom is 0.0228 e. The molecule has 0 aromatic rings. The van der Waals surface area contributed by atoms with E-state index in [1.165, 1.54) is 0 Å². The molecule has 0 aliphatic heterocycles. The van der Waals surface area contributed by atoms with E-state index < -0.39 is 0 Å². The highest BCUT2D eigenvalue weighted by Crippen LogP contribution is 1.89. The molecule has 0 fully saturated rings. The number of hydrogen-bond acceptors (Lipinski definition) is 1. The van der Waals surface area contributed by atoms with Gasteiger partial charge in [0.15, 0.2) is 0 Å². The molecule has 0 aromatic heterocycles. The van der Waals surface area contributed by atoms with Crippen LogP contribution in [0.1, 0.15) is 13.8 Å². The fraction of sp³-hybridized carbons (Fsp3) is 1.00. The van der Waals surface area contributed by atoms with E-state index in [-0.39, 0.29) is 0 Å². The molecule has 0 N–H and O–H groups in total. The summed E-state index contributed by atoms with van der Waals surface area (Å²) >= 11 is 1.63. The summed E-state index contributed by atoms with van der Waals surface area (Å²) in [4.78, 5) is 0. The lowest BCUT2D eigenvalue weighted by Crippen LogP contribution is -1.90. The van der Waals surface area contributed by atoms with Crippen molar-refractivity contribution < 1.29 is 0 Å². The first-order chi connectivity index (χ1) is 2.91. The summed E-state index contributed by atoms with van der Waals surface area (Å²) in [6.07, 6.45) is 0. The Labute approximate surface area is 43.6 Å². The van der Waals surface area contributed by atoms with Crippen LogP contribution in [0.2, 0.25) is 0 Å². The van der Waals surface area contributed by atoms with Gasteiger partial charge in [-0.05, 0) is 6.92 Å². The molecular weight excluding hydrogens is 94.1 g/mol. The molecule has 0 saturated carbocycles. The Morgan fingerprint density at radius 3 is 2.33 bits per heavy atom. The van der Waals surface area contributed by atoms with Crippen molar-refractivity contribution in [3.05, 3.63) is 0 Å². The molecule has 0 unspecified atom stereocenters. The van der Waals surface area contributed by atoms with Gasteiger partial charge in [0.25, 0.3) is 0 Å². The van der Waals surface area contributed by atoms with E-state index in [2.05, 4.69) is 11.6 Å². The molecule has 0 aromatic carbocycles. The van der Waals surface area contributed by atoms with E-state index >= 15 is 0 Å². The van der Waals surface area contributed by atoms with Crippen molar-refractivity contribution in [2.45, 2.75) is 13.8 Å². The molecule has 0 aliphatic carbocycles. The van der Waals surface area contributed by atoms with Crippen molar-refractivity contribution >= 4 is 11.9 Å². The van der Waals surface area contributed by atoms with Crippen molar-refractivity contribution in [3.8, 4) is 0 Å². The zero-order valence-electron chi connectivity index (χ0n) is 4.27. The second-order valence-electron chi connectivity index (χ2n) is 0.863. The van der Waals surface area contributed by atoms with Gasteiger partial charge in [-0.2, -0.15) is 4.72 Å². The first kappa shape index (κ1) is 6.31. The van der Waals surface area contributed by atoms with E-state index in [1.54, 1.807) is 11.9 Å². The van der Waals surface area contributed by atoms with Crippen LogP contribution in [-0.4, -0.2) is 12.3 Å². The molecule has 0 amide bonds. The van der Waals surface area contributed by atoms with Crippen molar-refractivity contribution in [1.29, 1.82) is 0 Å². The van der Waals surface area contributed by atoms with E-state index in [4.69, 9.17) is 0 Å². The molecule has 2 heteroatoms. The first-order valence-corrected chi connectivity index (χ1v) is 3.14. The van der Waals surface area contributed by atoms with Gasteiger partial charge in [0, 0.05) is 12.3 Å². The van der Waals surface area contributed by atoms with Crippen LogP contribution >= 0.6 is 11.9 Å². The van der Waals surface area contributed by atoms with Crippen molar-refractivity contribution in [1.82, 2.24) is 4.72 Å². The van der Waals surface area contributed by atoms with Crippen LogP contribution in [0.5, 0.6) is 0 Å². The molecule has 0 heterocycles. The van der Waals surface area contributed by atoms with Gasteiger partial charge in [-0.15, -0.1) is 0 Å². The Morgan fingerprint density at radius 1 is 1.50 bits per heavy atom. The van der Waals surface area contributed by atoms with Crippen molar-refractivity contribution in [2.75, 3.05) is 12.3 Å². The highest BCUT2D eigenvalue weighted by Gasteiger charge is 1.74. The molecule has 1 nitrogen and oxygen atoms in total. The SMILES string of the molecule is CC[N]SCC. The Bertz CT molecular complexity index is 19.5. The summed E-state index contributed by atoms with van der Waals surface area (Å²) in [7, 11) is 0. The van der Waals surface area contributed by atoms with Crippen molar-refractivity contribution in [2.24, 2.45) is 0 Å². The molecule has 0 aliphatic rings. The van der Waals surface area contributed by atoms with Gasteiger partial charge in [-0.25, -0.2) is 0 Å². The Balaban J connectivity index is 2.34. The predicted molar refractivity (Wildman–Crippen MR) is 30.8 cm³/mol. The Hall–Kier alpha value is 0.310. The summed E-state index contributed by atoms with van der Waals surface area (Å²) in [5.41, 5.74) is 0. The molecule has 0 bridgehead atoms. The molecule has 0 rings (SSSR count). The maximum atomic E-state index is 4.01. The maximum absolute atomic E-state index is 4.01. The highest BCUT2D eigenvalue weighted by molar-refractivity contribution is 7.97. The Kier molecular flexibility index (Phi) is 5.58. The van der Waals surface area contributed by atoms with Crippen LogP contribution in [0.15, 0.2) is 0 Å². The monoisotopic (exact) mass is 104 g/mol. The lowest BCUT2D eigenvalue weighted by Gasteiger charge is -1.87. The second kappa shape index (κ2) is 5.31. The van der Waals surface area contributed by atoms with Crippen LogP contribution in [0, 0.1) is 0 Å². The summed E-state index contributed by atoms with van der Waals surface area (Å²) in [5.74, 6) is 1.10. The van der Waals surface area contributed by atoms with Gasteiger partial charge in [0.05, 0.1) is 0 Å². The minimum atomic E-state index is 0.943. The molecular formula is C4H10NS. The summed E-state index contributed by atoms with van der Waals surface area (Å²) in [5, 5.41) is 0. The fourth-order valence-electron chi connectivity index (χ4n) is 0.183. The third kappa shape index (κ3) is 4.31. The first-order valence-electron chi connectivity index (χ1n) is 2.20. The van der Waals surface area contributed by atoms with Crippen LogP contribution in [0.25, 0.3) is 0 Å². The van der Waals surface area contributed by atoms with Gasteiger partial charge < -0.3 is 0 Å². The average molecular weight is 104 g/mol. The van der Waals surface area contributed by atoms with Crippen LogP contribution in [-0.2, 0) is 0 Å². The summed E-state index contributed by atoms with van der Waals surface area (Å²) in [6, 6.07) is 0. The normalized spacial score (nSPS) is 9.00. The number of rotatable bonds is 3. The largest absolute Gasteiger partial charge is 0.176 e. The lowest BCUT2D eigenvalue weighted by molar-refractivity contribution is 1.02. The quantitative estimate of drug-likeness (QED) is 0.388. The lowest BCUT2D eigenvalue weighted by atomic mass is 10.8. The van der Waals surface area contributed by atoms with E-state index in [0.717, 1.165) is 12.3 Å². The third-order valence-electron chi connectivity index (χ3n) is 0.349. The molecule has 0 atom stereocenters. The van der Waals surface area contributed by atoms with Gasteiger partial charge in [0.2, 0.25) is 0 Å². The van der Waals surface area contributed by atoms with Crippen LogP contribution in [0.4, 0.5) is 0 Å². The fourth-order valence-corrected chi connectivity index (χ4v) is 0.548. The van der Waals surface area contributed by atoms with Crippen LogP contribution < -0.4 is 4.72 Å². The average Bonchev–Trinajstić information content (AvgIpc) is 1.61. The van der Waals surface area contributed by atoms with E-state index in [1.807, 2.05) is 6.92 Å². The number of hydrogen-bond donors (Lipinski definition) is 0. The van der Waals surface area contributed by atoms with Gasteiger partial charge in [-0.3, -0.25) is 0 Å². The highest BCUT2D eigenvalue weighted by atomic mass is 32.2. The smallest absolute Gasteiger partial charge is 0.0228 e. The zero-order chi connectivity index (χ0) is 4.83. The van der Waals surface area contributed by atoms with E-state index in [9.17, 15) is 0 Å². The van der Waals surface area contributed by atoms with Gasteiger partial charge in [0.1, 0.15) is 0 Å². The van der Waals surface area contributed by atoms with E-state index in [0.29, 0.717) is 0 Å². The molecule has 1 radical (unpaired) electrons. The minimum absolute atomic E-state index is 0.943. The minimum Gasteiger partial charge on any atom is -0.176 e. The Morgan fingerprint density at radius 2 is 2.17 bits per heavy atom. The van der Waals surface area contributed by atoms with Gasteiger partial charge >= 0.3 is 0 Å². The van der Waals surface area contributed by atoms with Crippen molar-refractivity contribution in [3.63, 3.8) is 0 Å². The number of nitrogens with zero attached hydrogens (tertiary/aromatic N) is 1. The molecule has 37 valence electrons. The predicted octanol–water partition coefficient (Wildman–Crippen LogP) is 1.28. The molecule has 6 heavy (non-hydrogen) atoms. The summed E-state index contributed by atoms with van der Waals surface area (Å²) in [6.45, 7) is 5.09. The van der Waals surface area contributed by atoms with Gasteiger partial charge in [-0.1, -0.05) is 18.9 Å². The molecule has 0 spiro atoms.